The van der Waals surface area contributed by atoms with E-state index >= 15 is 0 Å². The fourth-order valence-corrected chi connectivity index (χ4v) is 4.12. The molecule has 2 aromatic rings. The van der Waals surface area contributed by atoms with Crippen molar-refractivity contribution in [2.75, 3.05) is 36.0 Å². The third-order valence-electron chi connectivity index (χ3n) is 5.32. The van der Waals surface area contributed by atoms with Crippen molar-refractivity contribution in [2.45, 2.75) is 12.5 Å². The van der Waals surface area contributed by atoms with Gasteiger partial charge >= 0.3 is 0 Å². The molecule has 1 unspecified atom stereocenters. The number of hydrogen-bond acceptors (Lipinski definition) is 4. The molecule has 2 heterocycles. The first-order valence-electron chi connectivity index (χ1n) is 9.02. The largest absolute Gasteiger partial charge is 0.871 e. The molecule has 1 atom stereocenters. The number of hydrogen-bond donors (Lipinski definition) is 1. The minimum atomic E-state index is -0.374. The van der Waals surface area contributed by atoms with E-state index in [9.17, 15) is 14.7 Å². The average Bonchev–Trinajstić information content (AvgIpc) is 2.96. The second kappa shape index (κ2) is 7.21. The average molecular weight is 386 g/mol. The van der Waals surface area contributed by atoms with Crippen LogP contribution in [0.2, 0.25) is 5.02 Å². The molecule has 0 bridgehead atoms. The van der Waals surface area contributed by atoms with Gasteiger partial charge in [0.1, 0.15) is 0 Å². The first-order valence-corrected chi connectivity index (χ1v) is 9.40. The summed E-state index contributed by atoms with van der Waals surface area (Å²) in [5, 5.41) is 12.5. The van der Waals surface area contributed by atoms with Gasteiger partial charge in [0.05, 0.1) is 38.3 Å². The van der Waals surface area contributed by atoms with Crippen molar-refractivity contribution >= 4 is 34.8 Å². The molecule has 2 aromatic carbocycles. The van der Waals surface area contributed by atoms with Gasteiger partial charge in [0.2, 0.25) is 5.91 Å². The molecular formula is C20H20ClN3O3. The number of imide groups is 1. The molecule has 27 heavy (non-hydrogen) atoms. The van der Waals surface area contributed by atoms with Crippen LogP contribution in [0.4, 0.5) is 11.4 Å². The number of piperazine rings is 1. The zero-order valence-corrected chi connectivity index (χ0v) is 15.5. The van der Waals surface area contributed by atoms with Gasteiger partial charge in [-0.1, -0.05) is 41.6 Å². The van der Waals surface area contributed by atoms with Crippen LogP contribution in [0.15, 0.2) is 48.5 Å². The van der Waals surface area contributed by atoms with E-state index in [0.717, 1.165) is 4.90 Å². The molecule has 0 aliphatic carbocycles. The number of carbonyl (C=O) groups is 2. The van der Waals surface area contributed by atoms with Gasteiger partial charge in [-0.05, 0) is 24.3 Å². The van der Waals surface area contributed by atoms with Crippen LogP contribution < -0.4 is 19.8 Å². The number of carbonyl (C=O) groups excluding carboxylic acids is 2. The van der Waals surface area contributed by atoms with Crippen molar-refractivity contribution in [2.24, 2.45) is 0 Å². The van der Waals surface area contributed by atoms with Gasteiger partial charge in [0.25, 0.3) is 5.91 Å². The zero-order chi connectivity index (χ0) is 19.0. The fourth-order valence-electron chi connectivity index (χ4n) is 3.94. The zero-order valence-electron chi connectivity index (χ0n) is 14.7. The summed E-state index contributed by atoms with van der Waals surface area (Å²) in [6.07, 6.45) is 0.207. The van der Waals surface area contributed by atoms with Gasteiger partial charge in [-0.15, -0.1) is 0 Å². The van der Waals surface area contributed by atoms with E-state index in [4.69, 9.17) is 11.6 Å². The van der Waals surface area contributed by atoms with Gasteiger partial charge < -0.3 is 14.9 Å². The Hall–Kier alpha value is -2.57. The highest BCUT2D eigenvalue weighted by Gasteiger charge is 2.46. The Labute approximate surface area is 162 Å². The van der Waals surface area contributed by atoms with Crippen molar-refractivity contribution in [3.63, 3.8) is 0 Å². The summed E-state index contributed by atoms with van der Waals surface area (Å²) >= 11 is 6.01. The minimum absolute atomic E-state index is 0.0141. The summed E-state index contributed by atoms with van der Waals surface area (Å²) in [6.45, 7) is 2.79. The van der Waals surface area contributed by atoms with Gasteiger partial charge in [-0.25, -0.2) is 4.90 Å². The lowest BCUT2D eigenvalue weighted by atomic mass is 10.1. The number of quaternary nitrogens is 1. The molecule has 2 saturated heterocycles. The van der Waals surface area contributed by atoms with Crippen molar-refractivity contribution in [1.82, 2.24) is 0 Å². The molecule has 2 aliphatic heterocycles. The summed E-state index contributed by atoms with van der Waals surface area (Å²) in [4.78, 5) is 29.8. The number of amides is 2. The molecule has 0 aromatic heterocycles. The maximum absolute atomic E-state index is 12.9. The molecule has 4 rings (SSSR count). The van der Waals surface area contributed by atoms with Crippen LogP contribution in [0.25, 0.3) is 0 Å². The Balaban J connectivity index is 1.45. The van der Waals surface area contributed by atoms with E-state index in [0.29, 0.717) is 42.6 Å². The summed E-state index contributed by atoms with van der Waals surface area (Å²) in [5.41, 5.74) is 1.23. The molecule has 2 amide bonds. The molecule has 140 valence electrons. The summed E-state index contributed by atoms with van der Waals surface area (Å²) in [5.74, 6) is -0.345. The molecule has 0 saturated carbocycles. The molecular weight excluding hydrogens is 366 g/mol. The monoisotopic (exact) mass is 385 g/mol. The van der Waals surface area contributed by atoms with Crippen LogP contribution in [0.5, 0.6) is 5.75 Å². The van der Waals surface area contributed by atoms with Gasteiger partial charge in [-0.2, -0.15) is 0 Å². The number of halogens is 1. The van der Waals surface area contributed by atoms with Crippen LogP contribution >= 0.6 is 11.6 Å². The quantitative estimate of drug-likeness (QED) is 0.779. The first-order chi connectivity index (χ1) is 13.0. The predicted octanol–water partition coefficient (Wildman–Crippen LogP) is 0.451. The Morgan fingerprint density at radius 3 is 2.48 bits per heavy atom. The molecule has 1 N–H and O–H groups in total. The number of para-hydroxylation sites is 2. The highest BCUT2D eigenvalue weighted by molar-refractivity contribution is 6.31. The molecule has 2 aliphatic rings. The minimum Gasteiger partial charge on any atom is -0.871 e. The third-order valence-corrected chi connectivity index (χ3v) is 5.55. The highest BCUT2D eigenvalue weighted by Crippen LogP contribution is 2.26. The van der Waals surface area contributed by atoms with Gasteiger partial charge in [0.15, 0.2) is 6.04 Å². The summed E-state index contributed by atoms with van der Waals surface area (Å²) in [7, 11) is 0. The lowest BCUT2D eigenvalue weighted by Crippen LogP contribution is -3.19. The van der Waals surface area contributed by atoms with Crippen LogP contribution in [0, 0.1) is 0 Å². The summed E-state index contributed by atoms with van der Waals surface area (Å²) in [6, 6.07) is 13.4. The Morgan fingerprint density at radius 2 is 1.78 bits per heavy atom. The molecule has 2 fully saturated rings. The smallest absolute Gasteiger partial charge is 0.292 e. The van der Waals surface area contributed by atoms with E-state index in [1.807, 2.05) is 12.1 Å². The molecule has 6 nitrogen and oxygen atoms in total. The number of rotatable bonds is 3. The standard InChI is InChI=1S/C20H20ClN3O3/c21-14-4-3-5-15(12-14)24-19(26)13-17(20(24)27)23-10-8-22(9-11-23)16-6-1-2-7-18(16)25/h1-7,12,17,25H,8-11,13H2. The number of anilines is 2. The molecule has 0 spiro atoms. The van der Waals surface area contributed by atoms with Crippen molar-refractivity contribution < 1.29 is 19.6 Å². The first kappa shape index (κ1) is 17.8. The SMILES string of the molecule is O=C1CC([NH+]2CCN(c3ccccc3[O-])CC2)C(=O)N1c1cccc(Cl)c1. The Bertz CT molecular complexity index is 880. The second-order valence-electron chi connectivity index (χ2n) is 6.92. The van der Waals surface area contributed by atoms with Gasteiger partial charge in [-0.3, -0.25) is 9.59 Å². The summed E-state index contributed by atoms with van der Waals surface area (Å²) < 4.78 is 0. The van der Waals surface area contributed by atoms with Crippen LogP contribution in [0.1, 0.15) is 6.42 Å². The van der Waals surface area contributed by atoms with Crippen molar-refractivity contribution in [3.05, 3.63) is 53.6 Å². The van der Waals surface area contributed by atoms with Crippen molar-refractivity contribution in [1.29, 1.82) is 0 Å². The lowest BCUT2D eigenvalue weighted by molar-refractivity contribution is -0.915. The topological polar surface area (TPSA) is 68.1 Å². The van der Waals surface area contributed by atoms with Crippen LogP contribution in [-0.4, -0.2) is 44.0 Å². The Morgan fingerprint density at radius 1 is 1.04 bits per heavy atom. The van der Waals surface area contributed by atoms with Gasteiger partial charge in [0, 0.05) is 10.7 Å². The molecule has 0 radical (unpaired) electrons. The normalized spacial score (nSPS) is 21.1. The van der Waals surface area contributed by atoms with E-state index in [-0.39, 0.29) is 30.0 Å². The number of nitrogens with zero attached hydrogens (tertiary/aromatic N) is 2. The van der Waals surface area contributed by atoms with Crippen LogP contribution in [0.3, 0.4) is 0 Å². The lowest BCUT2D eigenvalue weighted by Gasteiger charge is -2.37. The van der Waals surface area contributed by atoms with E-state index in [1.165, 1.54) is 4.90 Å². The highest BCUT2D eigenvalue weighted by atomic mass is 35.5. The van der Waals surface area contributed by atoms with Crippen LogP contribution in [-0.2, 0) is 9.59 Å². The number of benzene rings is 2. The van der Waals surface area contributed by atoms with Crippen molar-refractivity contribution in [3.8, 4) is 5.75 Å². The maximum atomic E-state index is 12.9. The molecule has 7 heteroatoms. The Kier molecular flexibility index (Phi) is 4.76. The maximum Gasteiger partial charge on any atom is 0.292 e. The number of nitrogens with one attached hydrogen (secondary N) is 1. The van der Waals surface area contributed by atoms with E-state index < -0.39 is 0 Å². The van der Waals surface area contributed by atoms with E-state index in [1.54, 1.807) is 36.4 Å². The predicted molar refractivity (Wildman–Crippen MR) is 101 cm³/mol. The second-order valence-corrected chi connectivity index (χ2v) is 7.35. The van der Waals surface area contributed by atoms with E-state index in [2.05, 4.69) is 4.90 Å². The fraction of sp³-hybridized carbons (Fsp3) is 0.300. The third kappa shape index (κ3) is 3.38.